The molecule has 0 saturated heterocycles. The summed E-state index contributed by atoms with van der Waals surface area (Å²) in [6.07, 6.45) is 2.47. The van der Waals surface area contributed by atoms with Gasteiger partial charge in [0.15, 0.2) is 12.1 Å². The van der Waals surface area contributed by atoms with Gasteiger partial charge >= 0.3 is 0 Å². The molecular weight excluding hydrogens is 242 g/mol. The van der Waals surface area contributed by atoms with Crippen molar-refractivity contribution in [2.75, 3.05) is 12.4 Å². The van der Waals surface area contributed by atoms with Crippen molar-refractivity contribution in [3.05, 3.63) is 30.1 Å². The van der Waals surface area contributed by atoms with Crippen LogP contribution in [0.15, 0.2) is 24.4 Å². The molecule has 0 aliphatic heterocycles. The predicted molar refractivity (Wildman–Crippen MR) is 76.4 cm³/mol. The summed E-state index contributed by atoms with van der Waals surface area (Å²) in [6.45, 7) is 6.12. The molecule has 2 aromatic heterocycles. The lowest BCUT2D eigenvalue weighted by Gasteiger charge is -2.22. The van der Waals surface area contributed by atoms with Crippen LogP contribution < -0.4 is 5.32 Å². The number of carbonyl (C=O) groups excluding carboxylic acids is 1. The van der Waals surface area contributed by atoms with Gasteiger partial charge in [0.2, 0.25) is 0 Å². The minimum Gasteiger partial charge on any atom is -0.400 e. The minimum absolute atomic E-state index is 0.126. The van der Waals surface area contributed by atoms with Crippen molar-refractivity contribution < 1.29 is 9.90 Å². The zero-order chi connectivity index (χ0) is 14.5. The Morgan fingerprint density at radius 3 is 2.58 bits per heavy atom. The topological polar surface area (TPSA) is 75.1 Å². The number of hydrogen-bond donors (Lipinski definition) is 2. The van der Waals surface area contributed by atoms with Crippen molar-refractivity contribution in [2.24, 2.45) is 0 Å². The van der Waals surface area contributed by atoms with Gasteiger partial charge in [0.1, 0.15) is 11.2 Å². The van der Waals surface area contributed by atoms with E-state index in [-0.39, 0.29) is 5.54 Å². The first-order chi connectivity index (χ1) is 8.99. The van der Waals surface area contributed by atoms with Gasteiger partial charge in [0.05, 0.1) is 0 Å². The molecule has 5 nitrogen and oxygen atoms in total. The molecule has 0 amide bonds. The number of aldehydes is 1. The lowest BCUT2D eigenvalue weighted by Crippen LogP contribution is -2.27. The number of aliphatic hydroxyl groups is 1. The summed E-state index contributed by atoms with van der Waals surface area (Å²) in [5.41, 5.74) is 1.07. The van der Waals surface area contributed by atoms with Crippen LogP contribution >= 0.6 is 0 Å². The lowest BCUT2D eigenvalue weighted by atomic mass is 10.1. The molecule has 0 spiro atoms. The Morgan fingerprint density at radius 1 is 1.32 bits per heavy atom. The quantitative estimate of drug-likeness (QED) is 0.811. The van der Waals surface area contributed by atoms with E-state index in [9.17, 15) is 4.79 Å². The normalized spacial score (nSPS) is 10.6. The molecule has 5 heteroatoms. The molecule has 2 heterocycles. The first-order valence-corrected chi connectivity index (χ1v) is 5.93. The predicted octanol–water partition coefficient (Wildman–Crippen LogP) is 2.26. The highest BCUT2D eigenvalue weighted by Gasteiger charge is 2.14. The van der Waals surface area contributed by atoms with Gasteiger partial charge in [-0.1, -0.05) is 6.07 Å². The van der Waals surface area contributed by atoms with E-state index in [1.165, 1.54) is 0 Å². The van der Waals surface area contributed by atoms with Gasteiger partial charge in [-0.3, -0.25) is 9.78 Å². The third-order valence-corrected chi connectivity index (χ3v) is 2.22. The van der Waals surface area contributed by atoms with Gasteiger partial charge in [0, 0.05) is 24.2 Å². The highest BCUT2D eigenvalue weighted by molar-refractivity contribution is 5.92. The number of hydrogen-bond acceptors (Lipinski definition) is 5. The number of carbonyl (C=O) groups is 1. The first-order valence-electron chi connectivity index (χ1n) is 5.93. The molecule has 2 aromatic rings. The van der Waals surface area contributed by atoms with Gasteiger partial charge in [-0.25, -0.2) is 4.98 Å². The van der Waals surface area contributed by atoms with E-state index in [1.54, 1.807) is 12.3 Å². The van der Waals surface area contributed by atoms with Gasteiger partial charge in [-0.05, 0) is 32.9 Å². The highest BCUT2D eigenvalue weighted by Crippen LogP contribution is 2.22. The van der Waals surface area contributed by atoms with Crippen molar-refractivity contribution in [3.8, 4) is 0 Å². The van der Waals surface area contributed by atoms with Crippen LogP contribution in [0.25, 0.3) is 10.9 Å². The largest absolute Gasteiger partial charge is 0.400 e. The van der Waals surface area contributed by atoms with Gasteiger partial charge in [0.25, 0.3) is 0 Å². The van der Waals surface area contributed by atoms with Crippen LogP contribution in [-0.2, 0) is 0 Å². The van der Waals surface area contributed by atoms with Crippen LogP contribution in [0.2, 0.25) is 0 Å². The van der Waals surface area contributed by atoms with E-state index in [0.29, 0.717) is 11.5 Å². The van der Waals surface area contributed by atoms with Crippen LogP contribution in [0.4, 0.5) is 5.82 Å². The molecular formula is C14H19N3O2. The van der Waals surface area contributed by atoms with E-state index in [4.69, 9.17) is 5.11 Å². The van der Waals surface area contributed by atoms with Gasteiger partial charge in [-0.2, -0.15) is 0 Å². The smallest absolute Gasteiger partial charge is 0.168 e. The summed E-state index contributed by atoms with van der Waals surface area (Å²) >= 11 is 0. The summed E-state index contributed by atoms with van der Waals surface area (Å²) in [5, 5.41) is 11.2. The SMILES string of the molecule is CC(C)(C)Nc1nc(C=O)cc2cccnc12.CO. The summed E-state index contributed by atoms with van der Waals surface area (Å²) in [5.74, 6) is 0.651. The third-order valence-electron chi connectivity index (χ3n) is 2.22. The average molecular weight is 261 g/mol. The molecule has 102 valence electrons. The van der Waals surface area contributed by atoms with Crippen LogP contribution in [0.5, 0.6) is 0 Å². The Bertz CT molecular complexity index is 562. The van der Waals surface area contributed by atoms with Gasteiger partial charge < -0.3 is 10.4 Å². The third kappa shape index (κ3) is 3.99. The van der Waals surface area contributed by atoms with Crippen LogP contribution in [-0.4, -0.2) is 34.0 Å². The minimum atomic E-state index is -0.126. The number of pyridine rings is 2. The fraction of sp³-hybridized carbons (Fsp3) is 0.357. The van der Waals surface area contributed by atoms with Crippen molar-refractivity contribution in [1.29, 1.82) is 0 Å². The maximum atomic E-state index is 10.9. The second-order valence-corrected chi connectivity index (χ2v) is 4.96. The van der Waals surface area contributed by atoms with Crippen molar-refractivity contribution in [2.45, 2.75) is 26.3 Å². The average Bonchev–Trinajstić information content (AvgIpc) is 2.39. The maximum Gasteiger partial charge on any atom is 0.168 e. The number of aliphatic hydroxyl groups excluding tert-OH is 1. The molecule has 0 atom stereocenters. The van der Waals surface area contributed by atoms with Crippen LogP contribution in [0.3, 0.4) is 0 Å². The van der Waals surface area contributed by atoms with E-state index < -0.39 is 0 Å². The number of nitrogens with one attached hydrogen (secondary N) is 1. The number of anilines is 1. The fourth-order valence-electron chi connectivity index (χ4n) is 1.61. The number of rotatable bonds is 2. The zero-order valence-electron chi connectivity index (χ0n) is 11.6. The standard InChI is InChI=1S/C13H15N3O.CH4O/c1-13(2,3)16-12-11-9(5-4-6-14-11)7-10(8-17)15-12;1-2/h4-8H,1-3H3,(H,15,16);2H,1H3. The Morgan fingerprint density at radius 2 is 2.00 bits per heavy atom. The molecule has 2 rings (SSSR count). The Labute approximate surface area is 112 Å². The Hall–Kier alpha value is -2.01. The molecule has 0 fully saturated rings. The summed E-state index contributed by atoms with van der Waals surface area (Å²) in [4.78, 5) is 19.4. The molecule has 0 aliphatic rings. The summed E-state index contributed by atoms with van der Waals surface area (Å²) in [6, 6.07) is 5.51. The van der Waals surface area contributed by atoms with E-state index >= 15 is 0 Å². The van der Waals surface area contributed by atoms with E-state index in [2.05, 4.69) is 15.3 Å². The van der Waals surface area contributed by atoms with Gasteiger partial charge in [-0.15, -0.1) is 0 Å². The molecule has 0 radical (unpaired) electrons. The van der Waals surface area contributed by atoms with Crippen molar-refractivity contribution >= 4 is 23.0 Å². The maximum absolute atomic E-state index is 10.9. The summed E-state index contributed by atoms with van der Waals surface area (Å²) < 4.78 is 0. The summed E-state index contributed by atoms with van der Waals surface area (Å²) in [7, 11) is 1.00. The number of nitrogens with zero attached hydrogens (tertiary/aromatic N) is 2. The second kappa shape index (κ2) is 6.24. The van der Waals surface area contributed by atoms with Crippen molar-refractivity contribution in [3.63, 3.8) is 0 Å². The Kier molecular flexibility index (Phi) is 4.94. The second-order valence-electron chi connectivity index (χ2n) is 4.96. The molecule has 0 aromatic carbocycles. The fourth-order valence-corrected chi connectivity index (χ4v) is 1.61. The molecule has 2 N–H and O–H groups in total. The number of aromatic nitrogens is 2. The van der Waals surface area contributed by atoms with Crippen LogP contribution in [0.1, 0.15) is 31.3 Å². The molecule has 0 aliphatic carbocycles. The monoisotopic (exact) mass is 261 g/mol. The first kappa shape index (κ1) is 15.0. The molecule has 0 saturated carbocycles. The lowest BCUT2D eigenvalue weighted by molar-refractivity contribution is 0.111. The van der Waals surface area contributed by atoms with E-state index in [1.807, 2.05) is 32.9 Å². The van der Waals surface area contributed by atoms with Crippen LogP contribution in [0, 0.1) is 0 Å². The van der Waals surface area contributed by atoms with Crippen molar-refractivity contribution in [1.82, 2.24) is 9.97 Å². The highest BCUT2D eigenvalue weighted by atomic mass is 16.2. The molecule has 19 heavy (non-hydrogen) atoms. The molecule has 0 unspecified atom stereocenters. The zero-order valence-corrected chi connectivity index (χ0v) is 11.6. The molecule has 0 bridgehead atoms. The Balaban J connectivity index is 0.000000861. The number of fused-ring (bicyclic) bond motifs is 1. The van der Waals surface area contributed by atoms with E-state index in [0.717, 1.165) is 24.3 Å².